The number of halogens is 1. The number of anilines is 1. The average Bonchev–Trinajstić information content (AvgIpc) is 3.17. The minimum Gasteiger partial charge on any atom is -0.323 e. The number of aromatic nitrogens is 2. The Morgan fingerprint density at radius 2 is 1.71 bits per heavy atom. The van der Waals surface area contributed by atoms with E-state index >= 15 is 0 Å². The van der Waals surface area contributed by atoms with Crippen molar-refractivity contribution in [1.29, 1.82) is 0 Å². The van der Waals surface area contributed by atoms with Gasteiger partial charge in [0.15, 0.2) is 0 Å². The summed E-state index contributed by atoms with van der Waals surface area (Å²) in [5.74, 6) is -0.614. The van der Waals surface area contributed by atoms with E-state index in [0.29, 0.717) is 18.9 Å². The molecule has 0 spiro atoms. The van der Waals surface area contributed by atoms with Gasteiger partial charge in [0.2, 0.25) is 5.91 Å². The van der Waals surface area contributed by atoms with Crippen LogP contribution >= 0.6 is 7.60 Å². The molecule has 0 aliphatic carbocycles. The monoisotopic (exact) mass is 485 g/mol. The van der Waals surface area contributed by atoms with Gasteiger partial charge in [0.05, 0.1) is 31.3 Å². The Labute approximate surface area is 199 Å². The number of aryl methyl sites for hydroxylation is 1. The minimum absolute atomic E-state index is 0.162. The van der Waals surface area contributed by atoms with Gasteiger partial charge in [0.1, 0.15) is 5.82 Å². The fraction of sp³-hybridized carbons (Fsp3) is 0.280. The number of allylic oxidation sites excluding steroid dienone is 1. The molecule has 0 saturated heterocycles. The Balaban J connectivity index is 1.72. The Morgan fingerprint density at radius 3 is 2.29 bits per heavy atom. The van der Waals surface area contributed by atoms with Crippen molar-refractivity contribution in [3.05, 3.63) is 77.7 Å². The Morgan fingerprint density at radius 1 is 1.09 bits per heavy atom. The van der Waals surface area contributed by atoms with Crippen molar-refractivity contribution in [2.75, 3.05) is 18.5 Å². The molecule has 0 aliphatic heterocycles. The summed E-state index contributed by atoms with van der Waals surface area (Å²) in [6, 6.07) is 13.2. The first-order chi connectivity index (χ1) is 16.2. The molecule has 0 unspecified atom stereocenters. The second-order valence-electron chi connectivity index (χ2n) is 7.66. The molecule has 7 nitrogen and oxygen atoms in total. The summed E-state index contributed by atoms with van der Waals surface area (Å²) in [5.41, 5.74) is 4.48. The number of nitrogens with one attached hydrogen (secondary N) is 1. The van der Waals surface area contributed by atoms with E-state index in [0.717, 1.165) is 28.0 Å². The SMILES string of the molecule is CCOP(=O)(Cc1ccc(NC(=O)C=C(C)c2cnn(C)c2-c2ccc(F)cc2)cc1)OCC. The van der Waals surface area contributed by atoms with Gasteiger partial charge in [0.25, 0.3) is 0 Å². The molecule has 34 heavy (non-hydrogen) atoms. The smallest absolute Gasteiger partial charge is 0.323 e. The lowest BCUT2D eigenvalue weighted by Crippen LogP contribution is -2.08. The van der Waals surface area contributed by atoms with E-state index < -0.39 is 7.60 Å². The number of rotatable bonds is 10. The van der Waals surface area contributed by atoms with Gasteiger partial charge in [-0.2, -0.15) is 5.10 Å². The van der Waals surface area contributed by atoms with Crippen LogP contribution in [-0.4, -0.2) is 28.9 Å². The van der Waals surface area contributed by atoms with Crippen LogP contribution in [-0.2, 0) is 31.6 Å². The molecule has 1 heterocycles. The van der Waals surface area contributed by atoms with Gasteiger partial charge in [-0.3, -0.25) is 14.0 Å². The molecule has 1 N–H and O–H groups in total. The number of hydrogen-bond donors (Lipinski definition) is 1. The van der Waals surface area contributed by atoms with E-state index in [9.17, 15) is 13.8 Å². The third-order valence-electron chi connectivity index (χ3n) is 5.08. The predicted molar refractivity (Wildman–Crippen MR) is 132 cm³/mol. The molecule has 0 fully saturated rings. The van der Waals surface area contributed by atoms with E-state index in [1.54, 1.807) is 68.2 Å². The Bertz CT molecular complexity index is 1190. The second-order valence-corrected chi connectivity index (χ2v) is 9.71. The molecule has 0 atom stereocenters. The van der Waals surface area contributed by atoms with Gasteiger partial charge in [0, 0.05) is 29.9 Å². The van der Waals surface area contributed by atoms with Gasteiger partial charge < -0.3 is 14.4 Å². The summed E-state index contributed by atoms with van der Waals surface area (Å²) in [4.78, 5) is 12.6. The molecule has 3 rings (SSSR count). The first kappa shape index (κ1) is 25.6. The summed E-state index contributed by atoms with van der Waals surface area (Å²) in [6.07, 6.45) is 3.34. The number of benzene rings is 2. The molecule has 0 radical (unpaired) electrons. The topological polar surface area (TPSA) is 82.5 Å². The first-order valence-corrected chi connectivity index (χ1v) is 12.7. The number of nitrogens with zero attached hydrogens (tertiary/aromatic N) is 2. The minimum atomic E-state index is -3.19. The van der Waals surface area contributed by atoms with Crippen molar-refractivity contribution < 1.29 is 22.8 Å². The average molecular weight is 485 g/mol. The lowest BCUT2D eigenvalue weighted by atomic mass is 10.0. The second kappa shape index (κ2) is 11.4. The molecule has 180 valence electrons. The van der Waals surface area contributed by atoms with Crippen molar-refractivity contribution in [2.24, 2.45) is 7.05 Å². The lowest BCUT2D eigenvalue weighted by molar-refractivity contribution is -0.111. The van der Waals surface area contributed by atoms with Gasteiger partial charge in [-0.25, -0.2) is 4.39 Å². The first-order valence-electron chi connectivity index (χ1n) is 11.0. The van der Waals surface area contributed by atoms with Gasteiger partial charge in [-0.1, -0.05) is 12.1 Å². The molecule has 0 aliphatic rings. The molecule has 1 amide bonds. The van der Waals surface area contributed by atoms with Crippen LogP contribution < -0.4 is 5.32 Å². The van der Waals surface area contributed by atoms with Crippen molar-refractivity contribution in [3.8, 4) is 11.3 Å². The highest BCUT2D eigenvalue weighted by molar-refractivity contribution is 7.53. The van der Waals surface area contributed by atoms with E-state index in [4.69, 9.17) is 9.05 Å². The van der Waals surface area contributed by atoms with Gasteiger partial charge >= 0.3 is 7.60 Å². The zero-order valence-electron chi connectivity index (χ0n) is 19.7. The van der Waals surface area contributed by atoms with Crippen molar-refractivity contribution >= 4 is 24.8 Å². The number of hydrogen-bond acceptors (Lipinski definition) is 5. The van der Waals surface area contributed by atoms with E-state index in [2.05, 4.69) is 10.4 Å². The van der Waals surface area contributed by atoms with E-state index in [1.165, 1.54) is 18.2 Å². The molecule has 1 aromatic heterocycles. The standard InChI is InChI=1S/C25H29FN3O4P/c1-5-32-34(31,33-6-2)17-19-7-13-22(14-8-19)28-24(30)15-18(3)23-16-27-29(4)25(23)20-9-11-21(26)12-10-20/h7-16H,5-6,17H2,1-4H3,(H,28,30). The summed E-state index contributed by atoms with van der Waals surface area (Å²) < 4.78 is 38.4. The highest BCUT2D eigenvalue weighted by Crippen LogP contribution is 2.51. The van der Waals surface area contributed by atoms with E-state index in [-0.39, 0.29) is 17.9 Å². The summed E-state index contributed by atoms with van der Waals surface area (Å²) in [7, 11) is -1.39. The van der Waals surface area contributed by atoms with Crippen molar-refractivity contribution in [3.63, 3.8) is 0 Å². The van der Waals surface area contributed by atoms with Crippen molar-refractivity contribution in [2.45, 2.75) is 26.9 Å². The summed E-state index contributed by atoms with van der Waals surface area (Å²) in [5, 5.41) is 7.13. The number of carbonyl (C=O) groups excluding carboxylic acids is 1. The fourth-order valence-electron chi connectivity index (χ4n) is 3.57. The zero-order valence-corrected chi connectivity index (χ0v) is 20.6. The molecule has 3 aromatic rings. The normalized spacial score (nSPS) is 12.1. The third kappa shape index (κ3) is 6.50. The highest BCUT2D eigenvalue weighted by atomic mass is 31.2. The fourth-order valence-corrected chi connectivity index (χ4v) is 5.27. The van der Waals surface area contributed by atoms with Crippen LogP contribution in [0.3, 0.4) is 0 Å². The molecule has 0 saturated carbocycles. The summed E-state index contributed by atoms with van der Waals surface area (Å²) >= 11 is 0. The molecular formula is C25H29FN3O4P. The third-order valence-corrected chi connectivity index (χ3v) is 7.13. The maximum Gasteiger partial charge on any atom is 0.335 e. The molecule has 0 bridgehead atoms. The van der Waals surface area contributed by atoms with Crippen LogP contribution in [0.15, 0.2) is 60.8 Å². The quantitative estimate of drug-likeness (QED) is 0.280. The molecule has 2 aromatic carbocycles. The lowest BCUT2D eigenvalue weighted by Gasteiger charge is -2.17. The maximum absolute atomic E-state index is 13.3. The van der Waals surface area contributed by atoms with Crippen LogP contribution in [0.2, 0.25) is 0 Å². The zero-order chi connectivity index (χ0) is 24.7. The Hall–Kier alpha value is -3.06. The predicted octanol–water partition coefficient (Wildman–Crippen LogP) is 6.03. The highest BCUT2D eigenvalue weighted by Gasteiger charge is 2.24. The van der Waals surface area contributed by atoms with Crippen LogP contribution in [0, 0.1) is 5.82 Å². The maximum atomic E-state index is 13.3. The number of amides is 1. The van der Waals surface area contributed by atoms with Gasteiger partial charge in [-0.05, 0) is 68.3 Å². The van der Waals surface area contributed by atoms with Crippen LogP contribution in [0.1, 0.15) is 31.9 Å². The Kier molecular flexibility index (Phi) is 8.56. The number of carbonyl (C=O) groups is 1. The van der Waals surface area contributed by atoms with Crippen molar-refractivity contribution in [1.82, 2.24) is 9.78 Å². The van der Waals surface area contributed by atoms with E-state index in [1.807, 2.05) is 6.92 Å². The van der Waals surface area contributed by atoms with Crippen LogP contribution in [0.5, 0.6) is 0 Å². The van der Waals surface area contributed by atoms with Crippen LogP contribution in [0.4, 0.5) is 10.1 Å². The molecular weight excluding hydrogens is 456 g/mol. The van der Waals surface area contributed by atoms with Crippen LogP contribution in [0.25, 0.3) is 16.8 Å². The molecule has 9 heteroatoms. The summed E-state index contributed by atoms with van der Waals surface area (Å²) in [6.45, 7) is 5.97. The largest absolute Gasteiger partial charge is 0.335 e. The van der Waals surface area contributed by atoms with Gasteiger partial charge in [-0.15, -0.1) is 0 Å².